The van der Waals surface area contributed by atoms with Crippen molar-refractivity contribution in [3.8, 4) is 45.8 Å². The summed E-state index contributed by atoms with van der Waals surface area (Å²) in [4.78, 5) is 39.7. The van der Waals surface area contributed by atoms with Crippen molar-refractivity contribution in [2.75, 3.05) is 13.7 Å². The molecule has 0 amide bonds. The third-order valence-electron chi connectivity index (χ3n) is 8.40. The van der Waals surface area contributed by atoms with E-state index in [0.29, 0.717) is 16.9 Å². The predicted molar refractivity (Wildman–Crippen MR) is 194 cm³/mol. The molecule has 0 unspecified atom stereocenters. The second-order valence-electron chi connectivity index (χ2n) is 12.2. The predicted octanol–water partition coefficient (Wildman–Crippen LogP) is 4.00. The Hall–Kier alpha value is -6.81. The van der Waals surface area contributed by atoms with Crippen LogP contribution in [-0.4, -0.2) is 87.0 Å². The molecule has 15 heteroatoms. The van der Waals surface area contributed by atoms with Crippen molar-refractivity contribution >= 4 is 35.1 Å². The zero-order valence-electron chi connectivity index (χ0n) is 28.8. The Labute approximate surface area is 311 Å². The summed E-state index contributed by atoms with van der Waals surface area (Å²) in [7, 11) is 1.50. The number of benzene rings is 4. The molecule has 1 saturated heterocycles. The average molecular weight is 755 g/mol. The Kier molecular flexibility index (Phi) is 11.4. The van der Waals surface area contributed by atoms with Crippen LogP contribution in [0.2, 0.25) is 0 Å². The van der Waals surface area contributed by atoms with Crippen LogP contribution in [0.5, 0.6) is 34.5 Å². The minimum atomic E-state index is -1.94. The summed E-state index contributed by atoms with van der Waals surface area (Å²) in [6, 6.07) is 20.0. The van der Waals surface area contributed by atoms with E-state index in [-0.39, 0.29) is 28.4 Å². The van der Waals surface area contributed by atoms with Crippen molar-refractivity contribution in [3.63, 3.8) is 0 Å². The Morgan fingerprint density at radius 1 is 0.764 bits per heavy atom. The summed E-state index contributed by atoms with van der Waals surface area (Å²) in [5.74, 6) is -3.36. The van der Waals surface area contributed by atoms with E-state index in [2.05, 4.69) is 0 Å². The zero-order valence-corrected chi connectivity index (χ0v) is 28.8. The van der Waals surface area contributed by atoms with Crippen LogP contribution in [-0.2, 0) is 23.8 Å². The molecule has 0 bridgehead atoms. The highest BCUT2D eigenvalue weighted by Gasteiger charge is 2.49. The molecule has 0 aliphatic carbocycles. The number of methoxy groups -OCH3 is 1. The van der Waals surface area contributed by atoms with Crippen molar-refractivity contribution in [2.24, 2.45) is 0 Å². The second-order valence-corrected chi connectivity index (χ2v) is 12.2. The first-order valence-electron chi connectivity index (χ1n) is 16.6. The van der Waals surface area contributed by atoms with Crippen LogP contribution >= 0.6 is 0 Å². The molecule has 0 saturated carbocycles. The molecule has 1 aromatic heterocycles. The Balaban J connectivity index is 1.33. The van der Waals surface area contributed by atoms with E-state index in [1.165, 1.54) is 55.7 Å². The summed E-state index contributed by atoms with van der Waals surface area (Å²) in [6.07, 6.45) is -4.03. The van der Waals surface area contributed by atoms with Gasteiger partial charge in [-0.3, -0.25) is 4.79 Å². The number of aliphatic hydroxyl groups is 2. The third-order valence-corrected chi connectivity index (χ3v) is 8.40. The van der Waals surface area contributed by atoms with E-state index in [9.17, 15) is 45.0 Å². The smallest absolute Gasteiger partial charge is 0.331 e. The van der Waals surface area contributed by atoms with Crippen molar-refractivity contribution in [1.29, 1.82) is 0 Å². The number of carbonyl (C=O) groups is 2. The molecule has 0 spiro atoms. The van der Waals surface area contributed by atoms with Crippen molar-refractivity contribution in [1.82, 2.24) is 0 Å². The van der Waals surface area contributed by atoms with Crippen molar-refractivity contribution in [3.05, 3.63) is 118 Å². The molecule has 1 aliphatic rings. The van der Waals surface area contributed by atoms with Gasteiger partial charge in [0.05, 0.1) is 7.11 Å². The Bertz CT molecular complexity index is 2280. The maximum absolute atomic E-state index is 14.0. The number of phenols is 4. The summed E-state index contributed by atoms with van der Waals surface area (Å²) >= 11 is 0. The van der Waals surface area contributed by atoms with Crippen LogP contribution in [0.1, 0.15) is 11.1 Å². The molecule has 284 valence electrons. The lowest BCUT2D eigenvalue weighted by Gasteiger charge is -2.41. The first-order chi connectivity index (χ1) is 26.4. The number of hydrogen-bond donors (Lipinski definition) is 6. The molecule has 6 N–H and O–H groups in total. The van der Waals surface area contributed by atoms with Gasteiger partial charge in [-0.1, -0.05) is 24.3 Å². The number of aromatic hydroxyl groups is 4. The van der Waals surface area contributed by atoms with Gasteiger partial charge in [-0.15, -0.1) is 0 Å². The quantitative estimate of drug-likeness (QED) is 0.0827. The highest BCUT2D eigenvalue weighted by molar-refractivity contribution is 5.89. The normalized spacial score (nSPS) is 19.7. The van der Waals surface area contributed by atoms with Gasteiger partial charge in [0.25, 0.3) is 0 Å². The van der Waals surface area contributed by atoms with Gasteiger partial charge < -0.3 is 58.7 Å². The minimum absolute atomic E-state index is 0.0310. The van der Waals surface area contributed by atoms with Crippen LogP contribution < -0.4 is 14.9 Å². The van der Waals surface area contributed by atoms with Crippen molar-refractivity contribution < 1.29 is 68.3 Å². The highest BCUT2D eigenvalue weighted by atomic mass is 16.7. The summed E-state index contributed by atoms with van der Waals surface area (Å²) in [5, 5.41) is 62.1. The first-order valence-corrected chi connectivity index (χ1v) is 16.6. The largest absolute Gasteiger partial charge is 0.508 e. The highest BCUT2D eigenvalue weighted by Crippen LogP contribution is 2.38. The van der Waals surface area contributed by atoms with Gasteiger partial charge in [0.2, 0.25) is 17.5 Å². The van der Waals surface area contributed by atoms with Gasteiger partial charge in [-0.2, -0.15) is 0 Å². The minimum Gasteiger partial charge on any atom is -0.508 e. The lowest BCUT2D eigenvalue weighted by molar-refractivity contribution is -0.282. The number of rotatable bonds is 11. The SMILES string of the molecule is COc1ccc(C=CC(=O)O[C@H]2[C@H](Oc3c(-c4ccc(O)cc4)oc4cc(O)cc(O)c4c3=O)O[C@H](COC(=O)C=Cc3ccc(O)cc3)[C@@H](O)[C@@H]2O)cc1. The van der Waals surface area contributed by atoms with E-state index in [4.69, 9.17) is 28.1 Å². The molecule has 2 heterocycles. The molecule has 55 heavy (non-hydrogen) atoms. The van der Waals surface area contributed by atoms with E-state index in [1.807, 2.05) is 0 Å². The van der Waals surface area contributed by atoms with Gasteiger partial charge >= 0.3 is 11.9 Å². The third kappa shape index (κ3) is 8.88. The van der Waals surface area contributed by atoms with Gasteiger partial charge in [-0.05, 0) is 71.8 Å². The summed E-state index contributed by atoms with van der Waals surface area (Å²) in [6.45, 7) is -0.647. The summed E-state index contributed by atoms with van der Waals surface area (Å²) < 4.78 is 33.8. The Morgan fingerprint density at radius 2 is 1.36 bits per heavy atom. The fraction of sp³-hybridized carbons (Fsp3) is 0.175. The molecule has 1 fully saturated rings. The van der Waals surface area contributed by atoms with Gasteiger partial charge in [-0.25, -0.2) is 9.59 Å². The van der Waals surface area contributed by atoms with Crippen LogP contribution in [0.25, 0.3) is 34.4 Å². The molecule has 15 nitrogen and oxygen atoms in total. The fourth-order valence-electron chi connectivity index (χ4n) is 5.57. The molecule has 5 atom stereocenters. The number of ether oxygens (including phenoxy) is 5. The topological polar surface area (TPSA) is 232 Å². The molecule has 4 aromatic carbocycles. The maximum atomic E-state index is 14.0. The molecular weight excluding hydrogens is 720 g/mol. The lowest BCUT2D eigenvalue weighted by atomic mass is 9.99. The van der Waals surface area contributed by atoms with Crippen LogP contribution in [0.15, 0.2) is 106 Å². The lowest BCUT2D eigenvalue weighted by Crippen LogP contribution is -2.61. The number of carbonyl (C=O) groups excluding carboxylic acids is 2. The van der Waals surface area contributed by atoms with E-state index in [0.717, 1.165) is 24.3 Å². The number of fused-ring (bicyclic) bond motifs is 1. The van der Waals surface area contributed by atoms with E-state index < -0.39 is 77.3 Å². The van der Waals surface area contributed by atoms with Gasteiger partial charge in [0.1, 0.15) is 64.6 Å². The zero-order chi connectivity index (χ0) is 39.2. The standard InChI is InChI=1S/C40H34O15/c1-50-27-14-4-22(5-15-27)7-17-32(46)54-39-36(49)34(47)30(20-51-31(45)16-6-21-2-10-24(41)11-3-21)53-40(39)55-38-35(48)33-28(44)18-26(43)19-29(33)52-37(38)23-8-12-25(42)13-9-23/h2-19,30,34,36,39-44,47,49H,20H2,1H3/t30-,34-,36+,39-,40+/m1/s1. The number of phenolic OH excluding ortho intramolecular Hbond substituents is 4. The average Bonchev–Trinajstić information content (AvgIpc) is 3.17. The first kappa shape index (κ1) is 37.9. The number of esters is 2. The summed E-state index contributed by atoms with van der Waals surface area (Å²) in [5.41, 5.74) is 0.115. The number of hydrogen-bond acceptors (Lipinski definition) is 15. The van der Waals surface area contributed by atoms with E-state index >= 15 is 0 Å². The fourth-order valence-corrected chi connectivity index (χ4v) is 5.57. The van der Waals surface area contributed by atoms with Crippen LogP contribution in [0.4, 0.5) is 0 Å². The molecule has 1 aliphatic heterocycles. The van der Waals surface area contributed by atoms with Crippen LogP contribution in [0, 0.1) is 0 Å². The Morgan fingerprint density at radius 3 is 2.00 bits per heavy atom. The molecular formula is C40H34O15. The van der Waals surface area contributed by atoms with E-state index in [1.54, 1.807) is 36.4 Å². The van der Waals surface area contributed by atoms with Gasteiger partial charge in [0.15, 0.2) is 11.9 Å². The van der Waals surface area contributed by atoms with Gasteiger partial charge in [0, 0.05) is 29.8 Å². The molecule has 6 rings (SSSR count). The monoisotopic (exact) mass is 754 g/mol. The molecule has 5 aromatic rings. The number of aliphatic hydroxyl groups excluding tert-OH is 2. The van der Waals surface area contributed by atoms with Crippen LogP contribution in [0.3, 0.4) is 0 Å². The second kappa shape index (κ2) is 16.5. The maximum Gasteiger partial charge on any atom is 0.331 e. The molecule has 0 radical (unpaired) electrons. The van der Waals surface area contributed by atoms with Crippen molar-refractivity contribution in [2.45, 2.75) is 30.7 Å².